The predicted octanol–water partition coefficient (Wildman–Crippen LogP) is 0.908. The van der Waals surface area contributed by atoms with Gasteiger partial charge in [-0.25, -0.2) is 9.97 Å². The Morgan fingerprint density at radius 1 is 1.55 bits per heavy atom. The highest BCUT2D eigenvalue weighted by atomic mass is 19.1. The maximum atomic E-state index is 13.1. The van der Waals surface area contributed by atoms with Gasteiger partial charge in [0.25, 0.3) is 0 Å². The van der Waals surface area contributed by atoms with Crippen molar-refractivity contribution in [1.29, 1.82) is 0 Å². The number of aromatic nitrogens is 4. The van der Waals surface area contributed by atoms with E-state index >= 15 is 0 Å². The second kappa shape index (κ2) is 5.12. The Balaban J connectivity index is 1.82. The number of likely N-dealkylation sites (tertiary alicyclic amines) is 1. The highest BCUT2D eigenvalue weighted by Gasteiger charge is 2.27. The fraction of sp³-hybridized carbons (Fsp3) is 0.500. The molecule has 0 N–H and O–H groups in total. The molecule has 0 saturated carbocycles. The number of hydrogen-bond donors (Lipinski definition) is 0. The summed E-state index contributed by atoms with van der Waals surface area (Å²) < 4.78 is 20.1. The molecule has 7 nitrogen and oxygen atoms in total. The fourth-order valence-corrected chi connectivity index (χ4v) is 2.42. The monoisotopic (exact) mass is 279 g/mol. The lowest BCUT2D eigenvalue weighted by molar-refractivity contribution is -0.155. The Morgan fingerprint density at radius 3 is 3.20 bits per heavy atom. The first-order chi connectivity index (χ1) is 9.63. The Morgan fingerprint density at radius 2 is 2.40 bits per heavy atom. The van der Waals surface area contributed by atoms with E-state index in [-0.39, 0.29) is 12.2 Å². The van der Waals surface area contributed by atoms with E-state index in [1.807, 2.05) is 4.90 Å². The molecule has 3 rings (SSSR count). The molecule has 0 aromatic carbocycles. The predicted molar refractivity (Wildman–Crippen MR) is 66.8 cm³/mol. The zero-order valence-corrected chi connectivity index (χ0v) is 11.0. The molecule has 1 fully saturated rings. The van der Waals surface area contributed by atoms with E-state index in [0.29, 0.717) is 17.8 Å². The maximum absolute atomic E-state index is 13.1. The van der Waals surface area contributed by atoms with Gasteiger partial charge in [0, 0.05) is 13.5 Å². The third kappa shape index (κ3) is 2.46. The summed E-state index contributed by atoms with van der Waals surface area (Å²) in [5.74, 6) is -0.300. The highest BCUT2D eigenvalue weighted by Crippen LogP contribution is 2.20. The van der Waals surface area contributed by atoms with Crippen molar-refractivity contribution in [3.8, 4) is 0 Å². The van der Waals surface area contributed by atoms with Crippen LogP contribution in [0.25, 0.3) is 11.2 Å². The zero-order valence-electron chi connectivity index (χ0n) is 11.0. The molecule has 20 heavy (non-hydrogen) atoms. The summed E-state index contributed by atoms with van der Waals surface area (Å²) in [6.45, 7) is 2.65. The average molecular weight is 279 g/mol. The van der Waals surface area contributed by atoms with Crippen molar-refractivity contribution in [3.05, 3.63) is 18.6 Å². The number of ether oxygens (including phenoxy) is 1. The molecule has 1 atom stereocenters. The van der Waals surface area contributed by atoms with Gasteiger partial charge in [0.1, 0.15) is 5.52 Å². The van der Waals surface area contributed by atoms with Crippen molar-refractivity contribution in [3.63, 3.8) is 0 Å². The number of carbonyl (C=O) groups excluding carboxylic acids is 1. The first kappa shape index (κ1) is 12.9. The van der Waals surface area contributed by atoms with Crippen LogP contribution in [-0.2, 0) is 16.2 Å². The van der Waals surface area contributed by atoms with Crippen molar-refractivity contribution in [2.75, 3.05) is 6.54 Å². The van der Waals surface area contributed by atoms with E-state index in [9.17, 15) is 9.18 Å². The largest absolute Gasteiger partial charge is 0.446 e. The molecular weight excluding hydrogens is 265 g/mol. The SMILES string of the molecule is CC(=O)OC1CCCN1Cn1cnc2cnc(F)nc21. The molecule has 0 bridgehead atoms. The van der Waals surface area contributed by atoms with Crippen LogP contribution < -0.4 is 0 Å². The molecular formula is C12H14FN5O2. The van der Waals surface area contributed by atoms with Crippen LogP contribution in [0.2, 0.25) is 0 Å². The van der Waals surface area contributed by atoms with E-state index < -0.39 is 6.08 Å². The summed E-state index contributed by atoms with van der Waals surface area (Å²) in [5, 5.41) is 0. The number of carbonyl (C=O) groups is 1. The normalized spacial score (nSPS) is 19.6. The van der Waals surface area contributed by atoms with Crippen molar-refractivity contribution in [2.45, 2.75) is 32.7 Å². The van der Waals surface area contributed by atoms with Crippen molar-refractivity contribution < 1.29 is 13.9 Å². The van der Waals surface area contributed by atoms with E-state index in [4.69, 9.17) is 4.74 Å². The molecule has 8 heteroatoms. The molecule has 3 heterocycles. The summed E-state index contributed by atoms with van der Waals surface area (Å²) in [5.41, 5.74) is 0.973. The lowest BCUT2D eigenvalue weighted by Crippen LogP contribution is -2.34. The van der Waals surface area contributed by atoms with Crippen molar-refractivity contribution in [1.82, 2.24) is 24.4 Å². The summed E-state index contributed by atoms with van der Waals surface area (Å²) in [6, 6.07) is 0. The Labute approximate surface area is 114 Å². The Bertz CT molecular complexity index is 644. The molecule has 1 aliphatic rings. The summed E-state index contributed by atoms with van der Waals surface area (Å²) >= 11 is 0. The molecule has 0 amide bonds. The summed E-state index contributed by atoms with van der Waals surface area (Å²) in [6.07, 6.45) is 3.67. The molecule has 0 aliphatic carbocycles. The highest BCUT2D eigenvalue weighted by molar-refractivity contribution is 5.68. The smallest absolute Gasteiger partial charge is 0.310 e. The lowest BCUT2D eigenvalue weighted by atomic mass is 10.4. The van der Waals surface area contributed by atoms with E-state index in [1.165, 1.54) is 13.1 Å². The molecule has 2 aromatic rings. The van der Waals surface area contributed by atoms with E-state index in [1.54, 1.807) is 10.9 Å². The minimum absolute atomic E-state index is 0.239. The lowest BCUT2D eigenvalue weighted by Gasteiger charge is -2.24. The van der Waals surface area contributed by atoms with E-state index in [0.717, 1.165) is 19.4 Å². The van der Waals surface area contributed by atoms with Gasteiger partial charge in [-0.05, 0) is 12.8 Å². The van der Waals surface area contributed by atoms with Gasteiger partial charge in [-0.2, -0.15) is 9.37 Å². The third-order valence-corrected chi connectivity index (χ3v) is 3.27. The molecule has 2 aromatic heterocycles. The van der Waals surface area contributed by atoms with Gasteiger partial charge >= 0.3 is 12.0 Å². The van der Waals surface area contributed by atoms with Crippen LogP contribution >= 0.6 is 0 Å². The fourth-order valence-electron chi connectivity index (χ4n) is 2.42. The number of halogens is 1. The topological polar surface area (TPSA) is 73.1 Å². The summed E-state index contributed by atoms with van der Waals surface area (Å²) in [4.78, 5) is 24.4. The van der Waals surface area contributed by atoms with Crippen molar-refractivity contribution >= 4 is 17.1 Å². The minimum atomic E-state index is -0.780. The van der Waals surface area contributed by atoms with Gasteiger partial charge in [-0.15, -0.1) is 0 Å². The van der Waals surface area contributed by atoms with Gasteiger partial charge in [0.05, 0.1) is 19.2 Å². The maximum Gasteiger partial charge on any atom is 0.310 e. The number of fused-ring (bicyclic) bond motifs is 1. The van der Waals surface area contributed by atoms with Gasteiger partial charge in [-0.1, -0.05) is 0 Å². The second-order valence-electron chi connectivity index (χ2n) is 4.72. The molecule has 0 radical (unpaired) electrons. The van der Waals surface area contributed by atoms with Crippen LogP contribution in [0.15, 0.2) is 12.5 Å². The summed E-state index contributed by atoms with van der Waals surface area (Å²) in [7, 11) is 0. The van der Waals surface area contributed by atoms with Crippen LogP contribution in [0.5, 0.6) is 0 Å². The van der Waals surface area contributed by atoms with Gasteiger partial charge < -0.3 is 9.30 Å². The quantitative estimate of drug-likeness (QED) is 0.614. The average Bonchev–Trinajstić information content (AvgIpc) is 2.98. The number of imidazole rings is 1. The number of hydrogen-bond acceptors (Lipinski definition) is 6. The van der Waals surface area contributed by atoms with Gasteiger partial charge in [-0.3, -0.25) is 9.69 Å². The zero-order chi connectivity index (χ0) is 14.1. The van der Waals surface area contributed by atoms with E-state index in [2.05, 4.69) is 15.0 Å². The first-order valence-corrected chi connectivity index (χ1v) is 6.38. The van der Waals surface area contributed by atoms with Gasteiger partial charge in [0.15, 0.2) is 11.9 Å². The van der Waals surface area contributed by atoms with Crippen LogP contribution in [-0.4, -0.2) is 43.2 Å². The molecule has 106 valence electrons. The van der Waals surface area contributed by atoms with Gasteiger partial charge in [0.2, 0.25) is 0 Å². The number of nitrogens with zero attached hydrogens (tertiary/aromatic N) is 5. The number of esters is 1. The number of rotatable bonds is 3. The molecule has 1 saturated heterocycles. The van der Waals surface area contributed by atoms with Crippen LogP contribution in [0, 0.1) is 6.08 Å². The Kier molecular flexibility index (Phi) is 3.31. The molecule has 0 spiro atoms. The Hall–Kier alpha value is -2.09. The molecule has 1 aliphatic heterocycles. The van der Waals surface area contributed by atoms with Crippen LogP contribution in [0.3, 0.4) is 0 Å². The standard InChI is InChI=1S/C12H14FN5O2/c1-8(19)20-10-3-2-4-17(10)7-18-6-15-9-5-14-12(13)16-11(9)18/h5-6,10H,2-4,7H2,1H3. The molecule has 1 unspecified atom stereocenters. The van der Waals surface area contributed by atoms with Crippen LogP contribution in [0.4, 0.5) is 4.39 Å². The second-order valence-corrected chi connectivity index (χ2v) is 4.72. The van der Waals surface area contributed by atoms with Crippen LogP contribution in [0.1, 0.15) is 19.8 Å². The van der Waals surface area contributed by atoms with Crippen molar-refractivity contribution in [2.24, 2.45) is 0 Å². The minimum Gasteiger partial charge on any atom is -0.446 e. The third-order valence-electron chi connectivity index (χ3n) is 3.27. The first-order valence-electron chi connectivity index (χ1n) is 6.38.